The van der Waals surface area contributed by atoms with E-state index in [1.54, 1.807) is 31.4 Å². The zero-order valence-electron chi connectivity index (χ0n) is 18.3. The summed E-state index contributed by atoms with van der Waals surface area (Å²) in [7, 11) is 1.58. The van der Waals surface area contributed by atoms with Crippen LogP contribution >= 0.6 is 11.6 Å². The van der Waals surface area contributed by atoms with E-state index < -0.39 is 11.8 Å². The van der Waals surface area contributed by atoms with E-state index in [0.29, 0.717) is 33.3 Å². The zero-order chi connectivity index (χ0) is 23.0. The average Bonchev–Trinajstić information content (AvgIpc) is 3.01. The Labute approximate surface area is 192 Å². The lowest BCUT2D eigenvalue weighted by Crippen LogP contribution is -2.33. The van der Waals surface area contributed by atoms with E-state index in [-0.39, 0.29) is 5.70 Å². The Morgan fingerprint density at radius 3 is 2.31 bits per heavy atom. The van der Waals surface area contributed by atoms with Gasteiger partial charge in [0.1, 0.15) is 11.4 Å². The van der Waals surface area contributed by atoms with Crippen molar-refractivity contribution in [2.45, 2.75) is 20.8 Å². The summed E-state index contributed by atoms with van der Waals surface area (Å²) in [5.74, 6) is -0.187. The summed E-state index contributed by atoms with van der Waals surface area (Å²) in [6.45, 7) is 5.83. The summed E-state index contributed by atoms with van der Waals surface area (Å²) >= 11 is 6.19. The number of aryl methyl sites for hydroxylation is 3. The van der Waals surface area contributed by atoms with Crippen LogP contribution in [0, 0.1) is 20.8 Å². The van der Waals surface area contributed by atoms with Gasteiger partial charge in [-0.25, -0.2) is 4.90 Å². The molecule has 0 saturated heterocycles. The highest BCUT2D eigenvalue weighted by Gasteiger charge is 2.41. The zero-order valence-corrected chi connectivity index (χ0v) is 19.1. The lowest BCUT2D eigenvalue weighted by Gasteiger charge is -2.18. The number of carbonyl (C=O) groups excluding carboxylic acids is 2. The molecule has 4 rings (SSSR count). The topological polar surface area (TPSA) is 58.6 Å². The molecule has 32 heavy (non-hydrogen) atoms. The van der Waals surface area contributed by atoms with Crippen LogP contribution in [-0.2, 0) is 9.59 Å². The van der Waals surface area contributed by atoms with Crippen molar-refractivity contribution in [3.05, 3.63) is 93.6 Å². The molecule has 3 aromatic rings. The number of rotatable bonds is 5. The van der Waals surface area contributed by atoms with Gasteiger partial charge in [-0.1, -0.05) is 41.9 Å². The second-order valence-electron chi connectivity index (χ2n) is 7.78. The third-order valence-electron chi connectivity index (χ3n) is 5.63. The number of hydrogen-bond acceptors (Lipinski definition) is 4. The minimum absolute atomic E-state index is 0.214. The van der Waals surface area contributed by atoms with Crippen molar-refractivity contribution in [3.63, 3.8) is 0 Å². The van der Waals surface area contributed by atoms with Crippen molar-refractivity contribution >= 4 is 40.4 Å². The predicted molar refractivity (Wildman–Crippen MR) is 128 cm³/mol. The normalized spacial score (nSPS) is 13.7. The van der Waals surface area contributed by atoms with Crippen LogP contribution in [0.3, 0.4) is 0 Å². The molecule has 1 aliphatic rings. The molecule has 1 N–H and O–H groups in total. The molecule has 3 aromatic carbocycles. The minimum Gasteiger partial charge on any atom is -0.497 e. The van der Waals surface area contributed by atoms with Gasteiger partial charge in [-0.3, -0.25) is 9.59 Å². The van der Waals surface area contributed by atoms with Gasteiger partial charge in [-0.15, -0.1) is 0 Å². The summed E-state index contributed by atoms with van der Waals surface area (Å²) in [5.41, 5.74) is 5.25. The molecule has 0 bridgehead atoms. The highest BCUT2D eigenvalue weighted by Crippen LogP contribution is 2.36. The molecule has 1 heterocycles. The number of carbonyl (C=O) groups is 2. The number of hydrogen-bond donors (Lipinski definition) is 1. The van der Waals surface area contributed by atoms with Gasteiger partial charge in [-0.2, -0.15) is 0 Å². The molecule has 0 radical (unpaired) electrons. The monoisotopic (exact) mass is 446 g/mol. The largest absolute Gasteiger partial charge is 0.497 e. The quantitative estimate of drug-likeness (QED) is 0.513. The van der Waals surface area contributed by atoms with Gasteiger partial charge in [-0.05, 0) is 67.3 Å². The fourth-order valence-corrected chi connectivity index (χ4v) is 3.86. The second kappa shape index (κ2) is 8.52. The van der Waals surface area contributed by atoms with Crippen molar-refractivity contribution in [2.24, 2.45) is 0 Å². The van der Waals surface area contributed by atoms with Gasteiger partial charge < -0.3 is 10.1 Å². The second-order valence-corrected chi connectivity index (χ2v) is 8.22. The molecule has 0 aliphatic carbocycles. The molecule has 6 heteroatoms. The molecular formula is C26H23ClN2O3. The van der Waals surface area contributed by atoms with Crippen LogP contribution in [0.5, 0.6) is 5.75 Å². The van der Waals surface area contributed by atoms with Gasteiger partial charge in [0.15, 0.2) is 0 Å². The Morgan fingerprint density at radius 2 is 1.59 bits per heavy atom. The first-order chi connectivity index (χ1) is 15.3. The van der Waals surface area contributed by atoms with Crippen LogP contribution in [0.4, 0.5) is 11.4 Å². The van der Waals surface area contributed by atoms with Gasteiger partial charge in [0.25, 0.3) is 11.8 Å². The highest BCUT2D eigenvalue weighted by atomic mass is 35.5. The van der Waals surface area contributed by atoms with E-state index in [0.717, 1.165) is 16.7 Å². The first-order valence-electron chi connectivity index (χ1n) is 10.2. The Morgan fingerprint density at radius 1 is 0.844 bits per heavy atom. The van der Waals surface area contributed by atoms with E-state index in [1.165, 1.54) is 4.90 Å². The van der Waals surface area contributed by atoms with E-state index in [4.69, 9.17) is 16.3 Å². The lowest BCUT2D eigenvalue weighted by molar-refractivity contribution is -0.120. The van der Waals surface area contributed by atoms with E-state index >= 15 is 0 Å². The van der Waals surface area contributed by atoms with Crippen molar-refractivity contribution in [2.75, 3.05) is 17.3 Å². The standard InChI is InChI=1S/C26H23ClN2O3/c1-15-8-10-18(12-17(15)3)23-24(28-20-6-5-7-21(14-20)32-4)26(31)29(25(23)30)22-13-19(27)11-9-16(22)2/h5-14,28H,1-4H3. The van der Waals surface area contributed by atoms with E-state index in [2.05, 4.69) is 5.32 Å². The van der Waals surface area contributed by atoms with Gasteiger partial charge in [0.2, 0.25) is 0 Å². The van der Waals surface area contributed by atoms with Gasteiger partial charge >= 0.3 is 0 Å². The maximum atomic E-state index is 13.6. The lowest BCUT2D eigenvalue weighted by atomic mass is 9.99. The molecule has 162 valence electrons. The summed E-state index contributed by atoms with van der Waals surface area (Å²) in [5, 5.41) is 3.62. The van der Waals surface area contributed by atoms with Crippen LogP contribution in [-0.4, -0.2) is 18.9 Å². The molecule has 0 saturated carbocycles. The summed E-state index contributed by atoms with van der Waals surface area (Å²) < 4.78 is 5.29. The molecule has 0 fully saturated rings. The molecule has 2 amide bonds. The molecule has 0 atom stereocenters. The third-order valence-corrected chi connectivity index (χ3v) is 5.87. The molecule has 0 unspecified atom stereocenters. The average molecular weight is 447 g/mol. The summed E-state index contributed by atoms with van der Waals surface area (Å²) in [6, 6.07) is 18.1. The third kappa shape index (κ3) is 3.87. The van der Waals surface area contributed by atoms with Crippen LogP contribution in [0.15, 0.2) is 66.4 Å². The van der Waals surface area contributed by atoms with Crippen LogP contribution < -0.4 is 15.0 Å². The predicted octanol–water partition coefficient (Wildman–Crippen LogP) is 5.67. The number of benzene rings is 3. The van der Waals surface area contributed by atoms with Gasteiger partial charge in [0.05, 0.1) is 18.4 Å². The van der Waals surface area contributed by atoms with Crippen molar-refractivity contribution in [1.82, 2.24) is 0 Å². The number of nitrogens with zero attached hydrogens (tertiary/aromatic N) is 1. The van der Waals surface area contributed by atoms with Crippen molar-refractivity contribution < 1.29 is 14.3 Å². The number of halogens is 1. The maximum absolute atomic E-state index is 13.6. The minimum atomic E-state index is -0.434. The highest BCUT2D eigenvalue weighted by molar-refractivity contribution is 6.46. The van der Waals surface area contributed by atoms with Gasteiger partial charge in [0, 0.05) is 16.8 Å². The smallest absolute Gasteiger partial charge is 0.282 e. The van der Waals surface area contributed by atoms with Crippen LogP contribution in [0.1, 0.15) is 22.3 Å². The molecule has 0 aromatic heterocycles. The number of anilines is 2. The Bertz CT molecular complexity index is 1280. The van der Waals surface area contributed by atoms with E-state index in [9.17, 15) is 9.59 Å². The summed E-state index contributed by atoms with van der Waals surface area (Å²) in [6.07, 6.45) is 0. The Balaban J connectivity index is 1.87. The fraction of sp³-hybridized carbons (Fsp3) is 0.154. The SMILES string of the molecule is COc1cccc(NC2=C(c3ccc(C)c(C)c3)C(=O)N(c3cc(Cl)ccc3C)C2=O)c1. The van der Waals surface area contributed by atoms with E-state index in [1.807, 2.05) is 57.2 Å². The van der Waals surface area contributed by atoms with Crippen LogP contribution in [0.2, 0.25) is 5.02 Å². The first kappa shape index (κ1) is 21.7. The number of ether oxygens (including phenoxy) is 1. The first-order valence-corrected chi connectivity index (χ1v) is 10.6. The molecule has 1 aliphatic heterocycles. The number of methoxy groups -OCH3 is 1. The number of amides is 2. The summed E-state index contributed by atoms with van der Waals surface area (Å²) in [4.78, 5) is 28.4. The number of nitrogens with one attached hydrogen (secondary N) is 1. The fourth-order valence-electron chi connectivity index (χ4n) is 3.70. The molecular weight excluding hydrogens is 424 g/mol. The molecule has 5 nitrogen and oxygen atoms in total. The van der Waals surface area contributed by atoms with Crippen LogP contribution in [0.25, 0.3) is 5.57 Å². The maximum Gasteiger partial charge on any atom is 0.282 e. The van der Waals surface area contributed by atoms with Crippen molar-refractivity contribution in [1.29, 1.82) is 0 Å². The van der Waals surface area contributed by atoms with Crippen molar-refractivity contribution in [3.8, 4) is 5.75 Å². The molecule has 0 spiro atoms. The Kier molecular flexibility index (Phi) is 5.76. The Hall–Kier alpha value is -3.57. The number of imide groups is 1.